The normalized spacial score (nSPS) is 25.9. The van der Waals surface area contributed by atoms with E-state index in [9.17, 15) is 18.0 Å². The maximum Gasteiger partial charge on any atom is 0.435 e. The molecule has 0 radical (unpaired) electrons. The van der Waals surface area contributed by atoms with E-state index in [0.717, 1.165) is 12.1 Å². The first-order chi connectivity index (χ1) is 13.2. The minimum atomic E-state index is -4.59. The maximum atomic E-state index is 12.5. The summed E-state index contributed by atoms with van der Waals surface area (Å²) >= 11 is 5.97. The number of hydrogen-bond acceptors (Lipinski definition) is 5. The monoisotopic (exact) mass is 408 g/mol. The molecule has 3 aromatic rings. The van der Waals surface area contributed by atoms with Gasteiger partial charge in [-0.2, -0.15) is 13.2 Å². The van der Waals surface area contributed by atoms with E-state index in [2.05, 4.69) is 20.5 Å². The first-order valence-corrected chi connectivity index (χ1v) is 8.86. The number of nitrogens with zero attached hydrogens (tertiary/aromatic N) is 3. The molecule has 3 fully saturated rings. The minimum absolute atomic E-state index is 0.150. The number of carbonyl (C=O) groups is 1. The summed E-state index contributed by atoms with van der Waals surface area (Å²) in [5.41, 5.74) is -0.565. The van der Waals surface area contributed by atoms with Gasteiger partial charge in [0.25, 0.3) is 5.91 Å². The lowest BCUT2D eigenvalue weighted by Crippen LogP contribution is -2.76. The van der Waals surface area contributed by atoms with Gasteiger partial charge in [0.15, 0.2) is 17.0 Å². The highest BCUT2D eigenvalue weighted by Crippen LogP contribution is 2.67. The van der Waals surface area contributed by atoms with Crippen molar-refractivity contribution in [3.8, 4) is 0 Å². The van der Waals surface area contributed by atoms with E-state index in [1.165, 1.54) is 0 Å². The van der Waals surface area contributed by atoms with Gasteiger partial charge in [-0.3, -0.25) is 4.79 Å². The second-order valence-corrected chi connectivity index (χ2v) is 7.91. The molecular weight excluding hydrogens is 397 g/mol. The number of alkyl halides is 3. The number of amides is 1. The van der Waals surface area contributed by atoms with Crippen molar-refractivity contribution in [2.24, 2.45) is 0 Å². The molecule has 0 unspecified atom stereocenters. The Balaban J connectivity index is 1.27. The van der Waals surface area contributed by atoms with Crippen molar-refractivity contribution in [2.45, 2.75) is 36.4 Å². The number of benzene rings is 1. The molecule has 0 spiro atoms. The Labute approximate surface area is 161 Å². The summed E-state index contributed by atoms with van der Waals surface area (Å²) in [5, 5.41) is 9.90. The van der Waals surface area contributed by atoms with Crippen LogP contribution in [-0.4, -0.2) is 26.6 Å². The van der Waals surface area contributed by atoms with Crippen LogP contribution in [0.25, 0.3) is 11.1 Å². The van der Waals surface area contributed by atoms with Crippen LogP contribution in [0.4, 0.5) is 13.2 Å². The average molecular weight is 409 g/mol. The molecule has 0 aliphatic heterocycles. The molecule has 2 aromatic heterocycles. The van der Waals surface area contributed by atoms with Crippen molar-refractivity contribution < 1.29 is 22.4 Å². The fourth-order valence-corrected chi connectivity index (χ4v) is 4.35. The van der Waals surface area contributed by atoms with E-state index >= 15 is 0 Å². The second kappa shape index (κ2) is 5.44. The highest BCUT2D eigenvalue weighted by atomic mass is 35.5. The summed E-state index contributed by atoms with van der Waals surface area (Å²) < 4.78 is 43.5. The van der Waals surface area contributed by atoms with Crippen LogP contribution >= 0.6 is 11.6 Å². The molecule has 28 heavy (non-hydrogen) atoms. The van der Waals surface area contributed by atoms with Crippen molar-refractivity contribution in [3.63, 3.8) is 0 Å². The Morgan fingerprint density at radius 3 is 2.54 bits per heavy atom. The average Bonchev–Trinajstić information content (AvgIpc) is 2.98. The zero-order valence-electron chi connectivity index (χ0n) is 14.2. The molecule has 1 amide bonds. The van der Waals surface area contributed by atoms with Crippen LogP contribution < -0.4 is 5.32 Å². The van der Waals surface area contributed by atoms with Crippen LogP contribution in [0.2, 0.25) is 5.02 Å². The van der Waals surface area contributed by atoms with Crippen molar-refractivity contribution in [1.29, 1.82) is 0 Å². The number of rotatable bonds is 3. The van der Waals surface area contributed by atoms with Crippen LogP contribution in [0.15, 0.2) is 34.7 Å². The van der Waals surface area contributed by atoms with E-state index in [4.69, 9.17) is 16.0 Å². The van der Waals surface area contributed by atoms with Gasteiger partial charge in [0.05, 0.1) is 5.41 Å². The quantitative estimate of drug-likeness (QED) is 0.711. The van der Waals surface area contributed by atoms with Crippen LogP contribution in [0.3, 0.4) is 0 Å². The summed E-state index contributed by atoms with van der Waals surface area (Å²) in [4.78, 5) is 16.8. The zero-order chi connectivity index (χ0) is 19.7. The third kappa shape index (κ3) is 2.56. The number of carbonyl (C=O) groups excluding carboxylic acids is 1. The Hall–Kier alpha value is -2.68. The SMILES string of the molecule is O=C(NC12CC(c3nc4cc(Cl)ccc4o3)(C1)C2)c1ccc(C(F)(F)F)nn1. The fourth-order valence-electron chi connectivity index (χ4n) is 4.18. The molecule has 10 heteroatoms. The predicted molar refractivity (Wildman–Crippen MR) is 91.8 cm³/mol. The summed E-state index contributed by atoms with van der Waals surface area (Å²) in [5.74, 6) is 0.0779. The van der Waals surface area contributed by atoms with Crippen molar-refractivity contribution >= 4 is 28.6 Å². The van der Waals surface area contributed by atoms with Gasteiger partial charge in [-0.05, 0) is 49.6 Å². The predicted octanol–water partition coefficient (Wildman–Crippen LogP) is 3.89. The van der Waals surface area contributed by atoms with Gasteiger partial charge in [0.2, 0.25) is 5.89 Å². The first-order valence-electron chi connectivity index (χ1n) is 8.48. The van der Waals surface area contributed by atoms with Gasteiger partial charge in [-0.1, -0.05) is 11.6 Å². The second-order valence-electron chi connectivity index (χ2n) is 7.48. The maximum absolute atomic E-state index is 12.5. The molecule has 1 N–H and O–H groups in total. The number of oxazole rings is 1. The Morgan fingerprint density at radius 2 is 1.89 bits per heavy atom. The lowest BCUT2D eigenvalue weighted by Gasteiger charge is -2.68. The molecule has 6 rings (SSSR count). The van der Waals surface area contributed by atoms with Crippen molar-refractivity contribution in [1.82, 2.24) is 20.5 Å². The molecule has 144 valence electrons. The van der Waals surface area contributed by atoms with E-state index in [1.807, 2.05) is 0 Å². The smallest absolute Gasteiger partial charge is 0.435 e. The number of halogens is 4. The van der Waals surface area contributed by atoms with Gasteiger partial charge in [-0.25, -0.2) is 4.98 Å². The van der Waals surface area contributed by atoms with Gasteiger partial charge in [-0.15, -0.1) is 10.2 Å². The fraction of sp³-hybridized carbons (Fsp3) is 0.333. The third-order valence-electron chi connectivity index (χ3n) is 5.40. The zero-order valence-corrected chi connectivity index (χ0v) is 14.9. The molecule has 2 heterocycles. The largest absolute Gasteiger partial charge is 0.440 e. The molecule has 0 atom stereocenters. The third-order valence-corrected chi connectivity index (χ3v) is 5.64. The molecule has 6 nitrogen and oxygen atoms in total. The molecule has 3 aliphatic rings. The minimum Gasteiger partial charge on any atom is -0.440 e. The summed E-state index contributed by atoms with van der Waals surface area (Å²) in [7, 11) is 0. The number of aromatic nitrogens is 3. The first kappa shape index (κ1) is 17.4. The Morgan fingerprint density at radius 1 is 1.14 bits per heavy atom. The van der Waals surface area contributed by atoms with Gasteiger partial charge in [0.1, 0.15) is 5.52 Å². The van der Waals surface area contributed by atoms with Crippen LogP contribution in [0, 0.1) is 0 Å². The van der Waals surface area contributed by atoms with Crippen LogP contribution in [-0.2, 0) is 11.6 Å². The molecule has 1 aromatic carbocycles. The molecule has 2 bridgehead atoms. The van der Waals surface area contributed by atoms with Crippen LogP contribution in [0.1, 0.15) is 41.3 Å². The lowest BCUT2D eigenvalue weighted by atomic mass is 9.39. The van der Waals surface area contributed by atoms with Gasteiger partial charge in [0, 0.05) is 10.6 Å². The number of fused-ring (bicyclic) bond motifs is 1. The standard InChI is InChI=1S/C18H12ClF3N4O2/c19-9-1-3-12-11(5-9)23-15(28-12)16-6-17(7-16,8-16)24-14(27)10-2-4-13(26-25-10)18(20,21)22/h1-5H,6-8H2,(H,24,27). The number of nitrogens with one attached hydrogen (secondary N) is 1. The van der Waals surface area contributed by atoms with Gasteiger partial charge < -0.3 is 9.73 Å². The Bertz CT molecular complexity index is 1090. The lowest BCUT2D eigenvalue weighted by molar-refractivity contribution is -0.141. The molecule has 3 aliphatic carbocycles. The van der Waals surface area contributed by atoms with E-state index in [-0.39, 0.29) is 11.1 Å². The van der Waals surface area contributed by atoms with Crippen LogP contribution in [0.5, 0.6) is 0 Å². The molecular formula is C18H12ClF3N4O2. The van der Waals surface area contributed by atoms with E-state index in [0.29, 0.717) is 41.3 Å². The number of hydrogen-bond donors (Lipinski definition) is 1. The highest BCUT2D eigenvalue weighted by Gasteiger charge is 2.71. The molecule has 0 saturated heterocycles. The highest BCUT2D eigenvalue weighted by molar-refractivity contribution is 6.31. The van der Waals surface area contributed by atoms with E-state index in [1.54, 1.807) is 18.2 Å². The van der Waals surface area contributed by atoms with Gasteiger partial charge >= 0.3 is 6.18 Å². The Kier molecular flexibility index (Phi) is 3.38. The summed E-state index contributed by atoms with van der Waals surface area (Å²) in [6.45, 7) is 0. The van der Waals surface area contributed by atoms with E-state index < -0.39 is 23.3 Å². The topological polar surface area (TPSA) is 80.9 Å². The van der Waals surface area contributed by atoms with Crippen molar-refractivity contribution in [3.05, 3.63) is 52.6 Å². The molecule has 3 saturated carbocycles. The summed E-state index contributed by atoms with van der Waals surface area (Å²) in [6.07, 6.45) is -2.63. The van der Waals surface area contributed by atoms with Crippen molar-refractivity contribution in [2.75, 3.05) is 0 Å². The summed E-state index contributed by atoms with van der Waals surface area (Å²) in [6, 6.07) is 7.00.